The first-order valence-corrected chi connectivity index (χ1v) is 5.78. The standard InChI is InChI=1S/C12H24N2O2/c1-10(2)13(4)9-7-12(16)14(5)8-6-11(3)15/h10H,6-9H2,1-5H3. The van der Waals surface area contributed by atoms with Crippen molar-refractivity contribution in [2.45, 2.75) is 39.7 Å². The molecule has 0 saturated heterocycles. The van der Waals surface area contributed by atoms with E-state index in [1.54, 1.807) is 18.9 Å². The molecule has 16 heavy (non-hydrogen) atoms. The maximum atomic E-state index is 11.7. The molecule has 4 nitrogen and oxygen atoms in total. The van der Waals surface area contributed by atoms with Gasteiger partial charge in [-0.3, -0.25) is 9.59 Å². The van der Waals surface area contributed by atoms with Crippen LogP contribution in [0.4, 0.5) is 0 Å². The van der Waals surface area contributed by atoms with Crippen LogP contribution in [0.2, 0.25) is 0 Å². The zero-order chi connectivity index (χ0) is 12.7. The van der Waals surface area contributed by atoms with Crippen molar-refractivity contribution in [3.8, 4) is 0 Å². The van der Waals surface area contributed by atoms with Crippen LogP contribution in [-0.4, -0.2) is 54.7 Å². The number of Topliss-reactive ketones (excluding diaryl/α,β-unsaturated/α-hetero) is 1. The van der Waals surface area contributed by atoms with E-state index in [0.29, 0.717) is 25.4 Å². The van der Waals surface area contributed by atoms with E-state index in [0.717, 1.165) is 6.54 Å². The van der Waals surface area contributed by atoms with Gasteiger partial charge in [-0.25, -0.2) is 0 Å². The summed E-state index contributed by atoms with van der Waals surface area (Å²) in [4.78, 5) is 26.2. The van der Waals surface area contributed by atoms with Gasteiger partial charge in [-0.15, -0.1) is 0 Å². The van der Waals surface area contributed by atoms with Crippen molar-refractivity contribution in [2.75, 3.05) is 27.2 Å². The van der Waals surface area contributed by atoms with E-state index >= 15 is 0 Å². The summed E-state index contributed by atoms with van der Waals surface area (Å²) in [7, 11) is 3.76. The van der Waals surface area contributed by atoms with E-state index in [9.17, 15) is 9.59 Å². The highest BCUT2D eigenvalue weighted by Crippen LogP contribution is 1.99. The molecule has 0 rings (SSSR count). The second kappa shape index (κ2) is 7.39. The minimum absolute atomic E-state index is 0.105. The van der Waals surface area contributed by atoms with Crippen molar-refractivity contribution >= 4 is 11.7 Å². The molecule has 0 aliphatic carbocycles. The Kier molecular flexibility index (Phi) is 6.97. The summed E-state index contributed by atoms with van der Waals surface area (Å²) in [6.45, 7) is 7.04. The van der Waals surface area contributed by atoms with Gasteiger partial charge >= 0.3 is 0 Å². The van der Waals surface area contributed by atoms with Gasteiger partial charge < -0.3 is 9.80 Å². The molecule has 0 aromatic heterocycles. The van der Waals surface area contributed by atoms with Crippen LogP contribution in [0.5, 0.6) is 0 Å². The Morgan fingerprint density at radius 2 is 1.62 bits per heavy atom. The molecule has 0 spiro atoms. The Balaban J connectivity index is 3.83. The molecule has 94 valence electrons. The molecule has 4 heteroatoms. The van der Waals surface area contributed by atoms with Gasteiger partial charge in [-0.05, 0) is 27.8 Å². The lowest BCUT2D eigenvalue weighted by atomic mass is 10.2. The van der Waals surface area contributed by atoms with Crippen LogP contribution in [0.3, 0.4) is 0 Å². The average Bonchev–Trinajstić information content (AvgIpc) is 2.21. The molecular weight excluding hydrogens is 204 g/mol. The van der Waals surface area contributed by atoms with E-state index in [-0.39, 0.29) is 11.7 Å². The molecular formula is C12H24N2O2. The summed E-state index contributed by atoms with van der Waals surface area (Å²) in [5.41, 5.74) is 0. The quantitative estimate of drug-likeness (QED) is 0.656. The fourth-order valence-electron chi connectivity index (χ4n) is 1.17. The van der Waals surface area contributed by atoms with Crippen molar-refractivity contribution in [1.29, 1.82) is 0 Å². The molecule has 0 aromatic rings. The first-order valence-electron chi connectivity index (χ1n) is 5.78. The number of carbonyl (C=O) groups is 2. The maximum absolute atomic E-state index is 11.7. The molecule has 0 saturated carbocycles. The van der Waals surface area contributed by atoms with Gasteiger partial charge in [0.1, 0.15) is 5.78 Å². The third-order valence-corrected chi connectivity index (χ3v) is 2.78. The number of rotatable bonds is 7. The molecule has 0 heterocycles. The number of amides is 1. The molecule has 1 amide bonds. The zero-order valence-corrected chi connectivity index (χ0v) is 11.1. The highest BCUT2D eigenvalue weighted by molar-refractivity contribution is 5.78. The first kappa shape index (κ1) is 15.1. The van der Waals surface area contributed by atoms with E-state index in [4.69, 9.17) is 0 Å². The van der Waals surface area contributed by atoms with Crippen LogP contribution in [0.25, 0.3) is 0 Å². The molecule has 0 unspecified atom stereocenters. The summed E-state index contributed by atoms with van der Waals surface area (Å²) < 4.78 is 0. The minimum atomic E-state index is 0.105. The number of hydrogen-bond acceptors (Lipinski definition) is 3. The Labute approximate surface area is 98.6 Å². The topological polar surface area (TPSA) is 40.6 Å². The van der Waals surface area contributed by atoms with E-state index in [1.165, 1.54) is 0 Å². The summed E-state index contributed by atoms with van der Waals surface area (Å²) in [5, 5.41) is 0. The predicted molar refractivity (Wildman–Crippen MR) is 65.3 cm³/mol. The fourth-order valence-corrected chi connectivity index (χ4v) is 1.17. The second-order valence-electron chi connectivity index (χ2n) is 4.59. The Bertz CT molecular complexity index is 239. The summed E-state index contributed by atoms with van der Waals surface area (Å²) >= 11 is 0. The van der Waals surface area contributed by atoms with E-state index in [1.807, 2.05) is 7.05 Å². The fraction of sp³-hybridized carbons (Fsp3) is 0.833. The van der Waals surface area contributed by atoms with Crippen molar-refractivity contribution in [2.24, 2.45) is 0 Å². The molecule has 0 aromatic carbocycles. The molecule has 0 bridgehead atoms. The van der Waals surface area contributed by atoms with Gasteiger partial charge in [0.05, 0.1) is 0 Å². The molecule has 0 atom stereocenters. The van der Waals surface area contributed by atoms with Crippen LogP contribution in [-0.2, 0) is 9.59 Å². The number of nitrogens with zero attached hydrogens (tertiary/aromatic N) is 2. The Hall–Kier alpha value is -0.900. The number of ketones is 1. The van der Waals surface area contributed by atoms with Crippen molar-refractivity contribution < 1.29 is 9.59 Å². The van der Waals surface area contributed by atoms with E-state index in [2.05, 4.69) is 18.7 Å². The molecule has 0 N–H and O–H groups in total. The number of hydrogen-bond donors (Lipinski definition) is 0. The Morgan fingerprint density at radius 3 is 2.06 bits per heavy atom. The molecule has 0 aliphatic heterocycles. The van der Waals surface area contributed by atoms with Crippen molar-refractivity contribution in [3.05, 3.63) is 0 Å². The lowest BCUT2D eigenvalue weighted by Gasteiger charge is -2.22. The van der Waals surface area contributed by atoms with Crippen molar-refractivity contribution in [3.63, 3.8) is 0 Å². The highest BCUT2D eigenvalue weighted by atomic mass is 16.2. The predicted octanol–water partition coefficient (Wildman–Crippen LogP) is 1.15. The zero-order valence-electron chi connectivity index (χ0n) is 11.1. The summed E-state index contributed by atoms with van der Waals surface area (Å²) in [6, 6.07) is 0.454. The maximum Gasteiger partial charge on any atom is 0.223 e. The van der Waals surface area contributed by atoms with Gasteiger partial charge in [0.15, 0.2) is 0 Å². The van der Waals surface area contributed by atoms with Gasteiger partial charge in [0.25, 0.3) is 0 Å². The van der Waals surface area contributed by atoms with Crippen LogP contribution in [0, 0.1) is 0 Å². The lowest BCUT2D eigenvalue weighted by molar-refractivity contribution is -0.130. The smallest absolute Gasteiger partial charge is 0.223 e. The SMILES string of the molecule is CC(=O)CCN(C)C(=O)CCN(C)C(C)C. The Morgan fingerprint density at radius 1 is 1.06 bits per heavy atom. The monoisotopic (exact) mass is 228 g/mol. The highest BCUT2D eigenvalue weighted by Gasteiger charge is 2.11. The lowest BCUT2D eigenvalue weighted by Crippen LogP contribution is -2.34. The van der Waals surface area contributed by atoms with Crippen LogP contribution >= 0.6 is 0 Å². The number of carbonyl (C=O) groups excluding carboxylic acids is 2. The van der Waals surface area contributed by atoms with Gasteiger partial charge in [0, 0.05) is 39.0 Å². The van der Waals surface area contributed by atoms with Gasteiger partial charge in [-0.2, -0.15) is 0 Å². The molecule has 0 radical (unpaired) electrons. The van der Waals surface area contributed by atoms with Crippen LogP contribution in [0.1, 0.15) is 33.6 Å². The summed E-state index contributed by atoms with van der Waals surface area (Å²) in [6.07, 6.45) is 0.964. The average molecular weight is 228 g/mol. The molecule has 0 aliphatic rings. The normalized spacial score (nSPS) is 10.9. The first-order chi connectivity index (χ1) is 7.34. The third kappa shape index (κ3) is 6.56. The van der Waals surface area contributed by atoms with Gasteiger partial charge in [0.2, 0.25) is 5.91 Å². The third-order valence-electron chi connectivity index (χ3n) is 2.78. The van der Waals surface area contributed by atoms with Crippen LogP contribution < -0.4 is 0 Å². The van der Waals surface area contributed by atoms with Crippen LogP contribution in [0.15, 0.2) is 0 Å². The molecule has 0 fully saturated rings. The minimum Gasteiger partial charge on any atom is -0.345 e. The van der Waals surface area contributed by atoms with E-state index < -0.39 is 0 Å². The largest absolute Gasteiger partial charge is 0.345 e. The van der Waals surface area contributed by atoms with Gasteiger partial charge in [-0.1, -0.05) is 0 Å². The van der Waals surface area contributed by atoms with Crippen molar-refractivity contribution in [1.82, 2.24) is 9.80 Å². The summed E-state index contributed by atoms with van der Waals surface area (Å²) in [5.74, 6) is 0.229. The second-order valence-corrected chi connectivity index (χ2v) is 4.59.